The molecule has 4 aromatic heterocycles. The van der Waals surface area contributed by atoms with Crippen molar-refractivity contribution in [1.82, 2.24) is 29.9 Å². The lowest BCUT2D eigenvalue weighted by molar-refractivity contribution is -0.138. The standard InChI is InChI=1S/C32H36F3N9O4/c1-43(14-25(45)46)24-12-22(37-17-38-24)29(47)42-30-40-27-23(44(2)15-31(16-48-3)8-4-5-9-31)11-21(39-28(27)41-30)19-10-20(32(33,34)35)26(36-13-19)18-6-7-18/h10-13,17-18H,4-9,14-16H2,1-3H3,(H,45,46)(H2,39,40,41,42,47). The number of anilines is 3. The second-order valence-electron chi connectivity index (χ2n) is 12.7. The van der Waals surface area contributed by atoms with Crippen LogP contribution in [0.1, 0.15) is 66.2 Å². The highest BCUT2D eigenvalue weighted by atomic mass is 19.4. The Morgan fingerprint density at radius 3 is 2.50 bits per heavy atom. The van der Waals surface area contributed by atoms with Gasteiger partial charge < -0.3 is 24.6 Å². The molecular weight excluding hydrogens is 631 g/mol. The Morgan fingerprint density at radius 2 is 1.83 bits per heavy atom. The maximum absolute atomic E-state index is 14.1. The van der Waals surface area contributed by atoms with E-state index in [1.165, 1.54) is 24.2 Å². The predicted octanol–water partition coefficient (Wildman–Crippen LogP) is 5.12. The van der Waals surface area contributed by atoms with Crippen LogP contribution in [0.3, 0.4) is 0 Å². The van der Waals surface area contributed by atoms with Crippen molar-refractivity contribution in [2.24, 2.45) is 5.41 Å². The largest absolute Gasteiger partial charge is 0.480 e. The number of halogens is 3. The Balaban J connectivity index is 1.38. The molecule has 4 heterocycles. The first kappa shape index (κ1) is 33.1. The quantitative estimate of drug-likeness (QED) is 0.184. The maximum atomic E-state index is 14.1. The average Bonchev–Trinajstić information content (AvgIpc) is 3.66. The zero-order valence-electron chi connectivity index (χ0n) is 26.8. The molecule has 0 unspecified atom stereocenters. The van der Waals surface area contributed by atoms with Crippen LogP contribution in [-0.2, 0) is 15.7 Å². The first-order valence-electron chi connectivity index (χ1n) is 15.6. The molecular formula is C32H36F3N9O4. The number of ether oxygens (including phenoxy) is 1. The molecule has 16 heteroatoms. The number of nitrogens with zero attached hydrogens (tertiary/aromatic N) is 7. The molecule has 6 rings (SSSR count). The third-order valence-electron chi connectivity index (χ3n) is 8.90. The molecule has 1 amide bonds. The second kappa shape index (κ2) is 13.0. The number of fused-ring (bicyclic) bond motifs is 1. The number of carboxylic acids is 1. The highest BCUT2D eigenvalue weighted by Gasteiger charge is 2.40. The fourth-order valence-corrected chi connectivity index (χ4v) is 6.51. The number of likely N-dealkylation sites (N-methyl/N-ethyl adjacent to an activating group) is 1. The molecule has 2 saturated carbocycles. The predicted molar refractivity (Wildman–Crippen MR) is 171 cm³/mol. The molecule has 254 valence electrons. The molecule has 13 nitrogen and oxygen atoms in total. The summed E-state index contributed by atoms with van der Waals surface area (Å²) in [7, 11) is 5.10. The number of alkyl halides is 3. The summed E-state index contributed by atoms with van der Waals surface area (Å²) in [6.07, 6.45) is 3.44. The van der Waals surface area contributed by atoms with Gasteiger partial charge in [-0.1, -0.05) is 12.8 Å². The van der Waals surface area contributed by atoms with E-state index >= 15 is 0 Å². The smallest absolute Gasteiger partial charge is 0.418 e. The molecule has 2 fully saturated rings. The Labute approximate surface area is 274 Å². The number of carbonyl (C=O) groups is 2. The van der Waals surface area contributed by atoms with Crippen LogP contribution in [-0.4, -0.2) is 87.8 Å². The van der Waals surface area contributed by atoms with Crippen molar-refractivity contribution in [1.29, 1.82) is 0 Å². The highest BCUT2D eigenvalue weighted by Crippen LogP contribution is 2.46. The van der Waals surface area contributed by atoms with Crippen molar-refractivity contribution in [3.05, 3.63) is 47.7 Å². The Morgan fingerprint density at radius 1 is 1.08 bits per heavy atom. The Kier molecular flexibility index (Phi) is 8.94. The normalized spacial score (nSPS) is 15.9. The van der Waals surface area contributed by atoms with Crippen LogP contribution in [0.4, 0.5) is 30.6 Å². The van der Waals surface area contributed by atoms with Crippen LogP contribution < -0.4 is 15.1 Å². The number of imidazole rings is 1. The SMILES string of the molecule is COCC1(CN(C)c2cc(-c3cnc(C4CC4)c(C(F)(F)F)c3)nc3nc(NC(=O)c4cc(N(C)CC(=O)O)ncn4)[nH]c23)CCCC1. The van der Waals surface area contributed by atoms with Gasteiger partial charge in [0.2, 0.25) is 5.95 Å². The maximum Gasteiger partial charge on any atom is 0.418 e. The molecule has 0 atom stereocenters. The van der Waals surface area contributed by atoms with Gasteiger partial charge >= 0.3 is 12.1 Å². The lowest BCUT2D eigenvalue weighted by atomic mass is 9.86. The van der Waals surface area contributed by atoms with E-state index in [0.717, 1.165) is 38.1 Å². The minimum Gasteiger partial charge on any atom is -0.480 e. The number of amides is 1. The van der Waals surface area contributed by atoms with Crippen molar-refractivity contribution in [3.63, 3.8) is 0 Å². The minimum absolute atomic E-state index is 0.0343. The van der Waals surface area contributed by atoms with E-state index in [1.54, 1.807) is 13.2 Å². The second-order valence-corrected chi connectivity index (χ2v) is 12.7. The van der Waals surface area contributed by atoms with E-state index in [-0.39, 0.29) is 57.9 Å². The highest BCUT2D eigenvalue weighted by molar-refractivity contribution is 6.03. The van der Waals surface area contributed by atoms with Crippen LogP contribution in [0, 0.1) is 5.41 Å². The molecule has 4 aromatic rings. The Bertz CT molecular complexity index is 1840. The number of aromatic amines is 1. The van der Waals surface area contributed by atoms with E-state index < -0.39 is 23.6 Å². The van der Waals surface area contributed by atoms with Gasteiger partial charge in [-0.15, -0.1) is 0 Å². The summed E-state index contributed by atoms with van der Waals surface area (Å²) >= 11 is 0. The van der Waals surface area contributed by atoms with E-state index in [2.05, 4.69) is 35.2 Å². The molecule has 0 aromatic carbocycles. The molecule has 0 spiro atoms. The third-order valence-corrected chi connectivity index (χ3v) is 8.90. The van der Waals surface area contributed by atoms with Crippen LogP contribution >= 0.6 is 0 Å². The van der Waals surface area contributed by atoms with Crippen LogP contribution in [0.2, 0.25) is 0 Å². The molecule has 0 radical (unpaired) electrons. The monoisotopic (exact) mass is 667 g/mol. The molecule has 48 heavy (non-hydrogen) atoms. The van der Waals surface area contributed by atoms with Gasteiger partial charge in [0.25, 0.3) is 5.91 Å². The van der Waals surface area contributed by atoms with E-state index in [1.807, 2.05) is 11.9 Å². The van der Waals surface area contributed by atoms with Crippen molar-refractivity contribution < 1.29 is 32.6 Å². The number of H-pyrrole nitrogens is 1. The summed E-state index contributed by atoms with van der Waals surface area (Å²) in [6.45, 7) is 0.841. The van der Waals surface area contributed by atoms with Crippen LogP contribution in [0.5, 0.6) is 0 Å². The van der Waals surface area contributed by atoms with Crippen LogP contribution in [0.15, 0.2) is 30.7 Å². The van der Waals surface area contributed by atoms with Gasteiger partial charge in [0, 0.05) is 56.9 Å². The molecule has 0 saturated heterocycles. The number of rotatable bonds is 12. The first-order chi connectivity index (χ1) is 22.9. The number of hydrogen-bond acceptors (Lipinski definition) is 10. The van der Waals surface area contributed by atoms with Crippen LogP contribution in [0.25, 0.3) is 22.4 Å². The van der Waals surface area contributed by atoms with Crippen molar-refractivity contribution in [3.8, 4) is 11.3 Å². The zero-order chi connectivity index (χ0) is 34.2. The van der Waals surface area contributed by atoms with Crippen molar-refractivity contribution >= 4 is 40.5 Å². The van der Waals surface area contributed by atoms with Gasteiger partial charge in [0.05, 0.1) is 29.2 Å². The van der Waals surface area contributed by atoms with Gasteiger partial charge in [-0.2, -0.15) is 18.2 Å². The summed E-state index contributed by atoms with van der Waals surface area (Å²) < 4.78 is 48.0. The number of methoxy groups -OCH3 is 1. The number of aromatic nitrogens is 6. The fourth-order valence-electron chi connectivity index (χ4n) is 6.51. The topological polar surface area (TPSA) is 162 Å². The lowest BCUT2D eigenvalue weighted by Crippen LogP contribution is -2.37. The van der Waals surface area contributed by atoms with Gasteiger partial charge in [-0.25, -0.2) is 15.0 Å². The number of carboxylic acid groups (broad SMARTS) is 1. The van der Waals surface area contributed by atoms with Gasteiger partial charge in [0.15, 0.2) is 5.65 Å². The minimum atomic E-state index is -4.58. The van der Waals surface area contributed by atoms with Gasteiger partial charge in [-0.3, -0.25) is 19.9 Å². The Hall–Kier alpha value is -4.86. The van der Waals surface area contributed by atoms with Gasteiger partial charge in [0.1, 0.15) is 29.9 Å². The average molecular weight is 668 g/mol. The molecule has 0 aliphatic heterocycles. The third kappa shape index (κ3) is 7.02. The molecule has 2 aliphatic rings. The molecule has 2 aliphatic carbocycles. The van der Waals surface area contributed by atoms with E-state index in [0.29, 0.717) is 37.2 Å². The number of carbonyl (C=O) groups excluding carboxylic acids is 1. The molecule has 0 bridgehead atoms. The zero-order valence-corrected chi connectivity index (χ0v) is 26.8. The summed E-state index contributed by atoms with van der Waals surface area (Å²) in [6, 6.07) is 4.17. The number of hydrogen-bond donors (Lipinski definition) is 3. The van der Waals surface area contributed by atoms with Crippen molar-refractivity contribution in [2.75, 3.05) is 56.0 Å². The van der Waals surface area contributed by atoms with E-state index in [9.17, 15) is 22.8 Å². The first-order valence-corrected chi connectivity index (χ1v) is 15.6. The summed E-state index contributed by atoms with van der Waals surface area (Å²) in [5, 5.41) is 11.8. The molecule has 3 N–H and O–H groups in total. The summed E-state index contributed by atoms with van der Waals surface area (Å²) in [5.41, 5.74) is 0.888. The van der Waals surface area contributed by atoms with E-state index in [4.69, 9.17) is 9.84 Å². The summed E-state index contributed by atoms with van der Waals surface area (Å²) in [5.74, 6) is -1.64. The number of pyridine rings is 2. The number of aliphatic carboxylic acids is 1. The van der Waals surface area contributed by atoms with Crippen molar-refractivity contribution in [2.45, 2.75) is 50.6 Å². The van der Waals surface area contributed by atoms with Gasteiger partial charge in [-0.05, 0) is 37.8 Å². The number of nitrogens with one attached hydrogen (secondary N) is 2. The lowest BCUT2D eigenvalue weighted by Gasteiger charge is -2.34. The summed E-state index contributed by atoms with van der Waals surface area (Å²) in [4.78, 5) is 52.2. The fraction of sp³-hybridized carbons (Fsp3) is 0.469.